The van der Waals surface area contributed by atoms with Gasteiger partial charge in [0.05, 0.1) is 22.9 Å². The van der Waals surface area contributed by atoms with Crippen LogP contribution in [-0.4, -0.2) is 38.1 Å². The second-order valence-corrected chi connectivity index (χ2v) is 10.6. The number of para-hydroxylation sites is 1. The Morgan fingerprint density at radius 1 is 1.08 bits per heavy atom. The zero-order valence-electron chi connectivity index (χ0n) is 21.1. The van der Waals surface area contributed by atoms with E-state index in [2.05, 4.69) is 13.8 Å². The van der Waals surface area contributed by atoms with Crippen molar-refractivity contribution in [2.45, 2.75) is 46.5 Å². The van der Waals surface area contributed by atoms with Crippen molar-refractivity contribution in [2.24, 2.45) is 5.92 Å². The molecule has 1 aliphatic rings. The van der Waals surface area contributed by atoms with Crippen LogP contribution in [0.5, 0.6) is 5.75 Å². The number of unbranched alkanes of at least 4 members (excludes halogenated alkanes) is 1. The molecule has 1 saturated heterocycles. The first-order chi connectivity index (χ1) is 17.5. The molecule has 2 aromatic carbocycles. The van der Waals surface area contributed by atoms with Crippen molar-refractivity contribution >= 4 is 40.3 Å². The van der Waals surface area contributed by atoms with Crippen LogP contribution in [0, 0.1) is 5.92 Å². The van der Waals surface area contributed by atoms with E-state index in [1.165, 1.54) is 18.2 Å². The smallest absolute Gasteiger partial charge is 0.266 e. The average Bonchev–Trinajstić information content (AvgIpc) is 3.44. The molecule has 188 valence electrons. The Labute approximate surface area is 223 Å². The van der Waals surface area contributed by atoms with E-state index in [0.717, 1.165) is 47.5 Å². The highest BCUT2D eigenvalue weighted by molar-refractivity contribution is 8.26. The third-order valence-electron chi connectivity index (χ3n) is 6.35. The summed E-state index contributed by atoms with van der Waals surface area (Å²) in [5.74, 6) is 1.27. The van der Waals surface area contributed by atoms with Crippen molar-refractivity contribution in [3.05, 3.63) is 71.3 Å². The van der Waals surface area contributed by atoms with Gasteiger partial charge in [-0.3, -0.25) is 9.69 Å². The van der Waals surface area contributed by atoms with Crippen molar-refractivity contribution in [1.82, 2.24) is 14.7 Å². The molecule has 0 saturated carbocycles. The van der Waals surface area contributed by atoms with E-state index in [4.69, 9.17) is 22.1 Å². The van der Waals surface area contributed by atoms with Crippen LogP contribution >= 0.6 is 24.0 Å². The first-order valence-corrected chi connectivity index (χ1v) is 13.9. The number of thioether (sulfide) groups is 1. The summed E-state index contributed by atoms with van der Waals surface area (Å²) in [4.78, 5) is 15.8. The summed E-state index contributed by atoms with van der Waals surface area (Å²) >= 11 is 7.01. The van der Waals surface area contributed by atoms with Crippen LogP contribution in [0.25, 0.3) is 23.0 Å². The first-order valence-electron chi connectivity index (χ1n) is 12.7. The van der Waals surface area contributed by atoms with Gasteiger partial charge in [0.1, 0.15) is 10.1 Å². The summed E-state index contributed by atoms with van der Waals surface area (Å²) in [6.07, 6.45) is 8.41. The van der Waals surface area contributed by atoms with Gasteiger partial charge in [0.2, 0.25) is 0 Å². The van der Waals surface area contributed by atoms with Crippen molar-refractivity contribution in [3.63, 3.8) is 0 Å². The van der Waals surface area contributed by atoms with Crippen LogP contribution in [0.15, 0.2) is 65.7 Å². The number of benzene rings is 2. The molecule has 0 radical (unpaired) electrons. The van der Waals surface area contributed by atoms with Crippen LogP contribution < -0.4 is 4.74 Å². The van der Waals surface area contributed by atoms with Crippen molar-refractivity contribution in [2.75, 3.05) is 13.2 Å². The predicted octanol–water partition coefficient (Wildman–Crippen LogP) is 7.36. The van der Waals surface area contributed by atoms with E-state index < -0.39 is 0 Å². The van der Waals surface area contributed by atoms with Gasteiger partial charge in [0.15, 0.2) is 0 Å². The van der Waals surface area contributed by atoms with E-state index in [1.807, 2.05) is 78.5 Å². The SMILES string of the molecule is CCCC[C@@H](CC)CN1C(=O)/C(=C\c2cn(-c3ccccc3)nc2-c2ccc(OCC)cc2)SC1=S. The van der Waals surface area contributed by atoms with Gasteiger partial charge in [-0.1, -0.05) is 75.3 Å². The van der Waals surface area contributed by atoms with Crippen LogP contribution in [0.4, 0.5) is 0 Å². The quantitative estimate of drug-likeness (QED) is 0.196. The standard InChI is InChI=1S/C29H33N3O2S2/c1-4-7-11-21(5-2)19-31-28(33)26(36-29(31)35)18-23-20-32(24-12-9-8-10-13-24)30-27(23)22-14-16-25(17-15-22)34-6-3/h8-10,12-18,20-21H,4-7,11,19H2,1-3H3/b26-18+/t21-/m1/s1. The number of carbonyl (C=O) groups is 1. The third kappa shape index (κ3) is 6.08. The molecule has 36 heavy (non-hydrogen) atoms. The monoisotopic (exact) mass is 519 g/mol. The normalized spacial score (nSPS) is 15.6. The summed E-state index contributed by atoms with van der Waals surface area (Å²) in [7, 11) is 0. The van der Waals surface area contributed by atoms with Gasteiger partial charge < -0.3 is 4.74 Å². The molecule has 0 unspecified atom stereocenters. The molecule has 4 rings (SSSR count). The zero-order valence-corrected chi connectivity index (χ0v) is 22.8. The number of aromatic nitrogens is 2. The van der Waals surface area contributed by atoms with E-state index in [-0.39, 0.29) is 5.91 Å². The second-order valence-electron chi connectivity index (χ2n) is 8.88. The van der Waals surface area contributed by atoms with Crippen LogP contribution in [-0.2, 0) is 4.79 Å². The lowest BCUT2D eigenvalue weighted by molar-refractivity contribution is -0.122. The number of rotatable bonds is 11. The fourth-order valence-electron chi connectivity index (χ4n) is 4.28. The molecule has 0 N–H and O–H groups in total. The highest BCUT2D eigenvalue weighted by Crippen LogP contribution is 2.36. The maximum Gasteiger partial charge on any atom is 0.266 e. The lowest BCUT2D eigenvalue weighted by atomic mass is 9.99. The molecule has 1 atom stereocenters. The summed E-state index contributed by atoms with van der Waals surface area (Å²) in [6.45, 7) is 7.66. The molecule has 2 heterocycles. The lowest BCUT2D eigenvalue weighted by Gasteiger charge is -2.21. The van der Waals surface area contributed by atoms with E-state index in [0.29, 0.717) is 28.3 Å². The van der Waals surface area contributed by atoms with Crippen LogP contribution in [0.2, 0.25) is 0 Å². The molecular weight excluding hydrogens is 486 g/mol. The first kappa shape index (κ1) is 26.2. The molecule has 1 amide bonds. The van der Waals surface area contributed by atoms with E-state index >= 15 is 0 Å². The third-order valence-corrected chi connectivity index (χ3v) is 7.72. The molecule has 0 aliphatic carbocycles. The molecule has 3 aromatic rings. The maximum atomic E-state index is 13.4. The molecule has 5 nitrogen and oxygen atoms in total. The van der Waals surface area contributed by atoms with Crippen molar-refractivity contribution < 1.29 is 9.53 Å². The summed E-state index contributed by atoms with van der Waals surface area (Å²) in [5, 5.41) is 4.89. The lowest BCUT2D eigenvalue weighted by Crippen LogP contribution is -2.33. The molecule has 0 bridgehead atoms. The van der Waals surface area contributed by atoms with Gasteiger partial charge >= 0.3 is 0 Å². The molecule has 7 heteroatoms. The fraction of sp³-hybridized carbons (Fsp3) is 0.345. The molecule has 0 spiro atoms. The number of amides is 1. The second kappa shape index (κ2) is 12.4. The number of thiocarbonyl (C=S) groups is 1. The topological polar surface area (TPSA) is 47.4 Å². The summed E-state index contributed by atoms with van der Waals surface area (Å²) in [5.41, 5.74) is 3.60. The average molecular weight is 520 g/mol. The Hall–Kier alpha value is -2.90. The Balaban J connectivity index is 1.67. The number of nitrogens with zero attached hydrogens (tertiary/aromatic N) is 3. The molecule has 1 fully saturated rings. The Morgan fingerprint density at radius 3 is 2.50 bits per heavy atom. The van der Waals surface area contributed by atoms with Crippen molar-refractivity contribution in [1.29, 1.82) is 0 Å². The van der Waals surface area contributed by atoms with Crippen LogP contribution in [0.3, 0.4) is 0 Å². The maximum absolute atomic E-state index is 13.4. The van der Waals surface area contributed by atoms with Crippen molar-refractivity contribution in [3.8, 4) is 22.7 Å². The van der Waals surface area contributed by atoms with Gasteiger partial charge in [-0.25, -0.2) is 4.68 Å². The van der Waals surface area contributed by atoms with Gasteiger partial charge in [0.25, 0.3) is 5.91 Å². The Kier molecular flexibility index (Phi) is 8.99. The largest absolute Gasteiger partial charge is 0.494 e. The fourth-order valence-corrected chi connectivity index (χ4v) is 5.55. The summed E-state index contributed by atoms with van der Waals surface area (Å²) in [6, 6.07) is 17.9. The molecule has 1 aromatic heterocycles. The number of hydrogen-bond acceptors (Lipinski definition) is 5. The Bertz CT molecular complexity index is 1220. The van der Waals surface area contributed by atoms with E-state index in [1.54, 1.807) is 4.90 Å². The predicted molar refractivity (Wildman–Crippen MR) is 153 cm³/mol. The van der Waals surface area contributed by atoms with Crippen LogP contribution in [0.1, 0.15) is 52.0 Å². The number of ether oxygens (including phenoxy) is 1. The molecule has 1 aliphatic heterocycles. The summed E-state index contributed by atoms with van der Waals surface area (Å²) < 4.78 is 8.10. The highest BCUT2D eigenvalue weighted by atomic mass is 32.2. The minimum Gasteiger partial charge on any atom is -0.494 e. The van der Waals surface area contributed by atoms with E-state index in [9.17, 15) is 4.79 Å². The van der Waals surface area contributed by atoms with Gasteiger partial charge in [-0.15, -0.1) is 0 Å². The van der Waals surface area contributed by atoms with Gasteiger partial charge in [-0.2, -0.15) is 5.10 Å². The van der Waals surface area contributed by atoms with Gasteiger partial charge in [-0.05, 0) is 61.7 Å². The molecular formula is C29H33N3O2S2. The zero-order chi connectivity index (χ0) is 25.5. The minimum absolute atomic E-state index is 0.00921. The van der Waals surface area contributed by atoms with Gasteiger partial charge in [0, 0.05) is 23.9 Å². The number of hydrogen-bond donors (Lipinski definition) is 0. The number of carbonyl (C=O) groups excluding carboxylic acids is 1. The highest BCUT2D eigenvalue weighted by Gasteiger charge is 2.33. The minimum atomic E-state index is -0.00921. The Morgan fingerprint density at radius 2 is 1.83 bits per heavy atom.